The van der Waals surface area contributed by atoms with E-state index in [-0.39, 0.29) is 67.2 Å². The minimum Gasteiger partial charge on any atom is -0.489 e. The number of fused-ring (bicyclic) bond motifs is 1. The summed E-state index contributed by atoms with van der Waals surface area (Å²) in [6.45, 7) is 4.07. The highest BCUT2D eigenvalue weighted by Gasteiger charge is 2.30. The average Bonchev–Trinajstić information content (AvgIpc) is 3.10. The van der Waals surface area contributed by atoms with Gasteiger partial charge >= 0.3 is 0 Å². The first kappa shape index (κ1) is 23.7. The van der Waals surface area contributed by atoms with Crippen LogP contribution in [0.1, 0.15) is 41.2 Å². The van der Waals surface area contributed by atoms with Gasteiger partial charge in [0.1, 0.15) is 17.2 Å². The largest absolute Gasteiger partial charge is 0.489 e. The van der Waals surface area contributed by atoms with Crippen LogP contribution in [0.2, 0.25) is 0 Å². The van der Waals surface area contributed by atoms with Crippen LogP contribution in [0.25, 0.3) is 0 Å². The van der Waals surface area contributed by atoms with Crippen LogP contribution < -0.4 is 15.4 Å². The zero-order valence-electron chi connectivity index (χ0n) is 18.1. The fourth-order valence-corrected chi connectivity index (χ4v) is 5.21. The molecule has 0 atom stereocenters. The lowest BCUT2D eigenvalue weighted by atomic mass is 10.2. The molecule has 0 aliphatic carbocycles. The van der Waals surface area contributed by atoms with Crippen molar-refractivity contribution in [1.29, 1.82) is 0 Å². The van der Waals surface area contributed by atoms with E-state index in [1.165, 1.54) is 10.5 Å². The van der Waals surface area contributed by atoms with Crippen LogP contribution in [0.3, 0.4) is 0 Å². The van der Waals surface area contributed by atoms with E-state index in [1.807, 2.05) is 0 Å². The maximum atomic E-state index is 13.3. The second kappa shape index (κ2) is 10.6. The first-order valence-electron chi connectivity index (χ1n) is 10.4. The number of aromatic nitrogens is 2. The Morgan fingerprint density at radius 2 is 1.88 bits per heavy atom. The van der Waals surface area contributed by atoms with Crippen LogP contribution in [-0.2, 0) is 14.8 Å². The lowest BCUT2D eigenvalue weighted by Gasteiger charge is -2.22. The summed E-state index contributed by atoms with van der Waals surface area (Å²) in [5.41, 5.74) is 0.412. The fraction of sp³-hybridized carbons (Fsp3) is 0.500. The summed E-state index contributed by atoms with van der Waals surface area (Å²) in [6.07, 6.45) is 2.36. The molecule has 0 saturated heterocycles. The third kappa shape index (κ3) is 5.62. The molecule has 32 heavy (non-hydrogen) atoms. The quantitative estimate of drug-likeness (QED) is 0.662. The Balaban J connectivity index is 1.78. The first-order chi connectivity index (χ1) is 15.3. The van der Waals surface area contributed by atoms with Gasteiger partial charge in [-0.3, -0.25) is 9.59 Å². The Morgan fingerprint density at radius 1 is 1.09 bits per heavy atom. The number of nitrogens with zero attached hydrogens (tertiary/aromatic N) is 3. The molecular weight excluding hydrogens is 438 g/mol. The van der Waals surface area contributed by atoms with E-state index >= 15 is 0 Å². The van der Waals surface area contributed by atoms with Crippen LogP contribution in [0, 0.1) is 13.8 Å². The van der Waals surface area contributed by atoms with Gasteiger partial charge in [0, 0.05) is 32.3 Å². The molecule has 0 aromatic carbocycles. The zero-order valence-corrected chi connectivity index (χ0v) is 18.9. The Kier molecular flexibility index (Phi) is 7.80. The maximum Gasteiger partial charge on any atom is 0.273 e. The van der Waals surface area contributed by atoms with Crippen LogP contribution in [0.5, 0.6) is 5.75 Å². The van der Waals surface area contributed by atoms with Crippen molar-refractivity contribution in [3.05, 3.63) is 35.5 Å². The zero-order chi connectivity index (χ0) is 23.1. The van der Waals surface area contributed by atoms with E-state index < -0.39 is 15.9 Å². The fourth-order valence-electron chi connectivity index (χ4n) is 3.40. The number of ether oxygens (including phenoxy) is 1. The van der Waals surface area contributed by atoms with Crippen molar-refractivity contribution in [2.75, 3.05) is 32.8 Å². The summed E-state index contributed by atoms with van der Waals surface area (Å²) in [6, 6.07) is 3.28. The van der Waals surface area contributed by atoms with Crippen molar-refractivity contribution < 1.29 is 27.3 Å². The molecule has 2 amide bonds. The highest BCUT2D eigenvalue weighted by atomic mass is 32.2. The van der Waals surface area contributed by atoms with Crippen molar-refractivity contribution in [2.45, 2.75) is 38.0 Å². The molecule has 174 valence electrons. The standard InChI is InChI=1S/C20H27N5O6S/c1-14-19(15(2)31-24-14)32(28,29)25-11-4-7-17(26)21-10-13-30-16-6-3-8-22-18(16)20(27)23-9-5-12-25/h3,6,8H,4-5,7,9-13H2,1-2H3,(H,21,26)(H,23,27). The Bertz CT molecular complexity index is 1050. The topological polar surface area (TPSA) is 144 Å². The minimum absolute atomic E-state index is 0.0377. The predicted molar refractivity (Wildman–Crippen MR) is 114 cm³/mol. The van der Waals surface area contributed by atoms with Crippen LogP contribution >= 0.6 is 0 Å². The minimum atomic E-state index is -3.88. The molecule has 0 fully saturated rings. The van der Waals surface area contributed by atoms with Gasteiger partial charge in [-0.2, -0.15) is 4.31 Å². The highest BCUT2D eigenvalue weighted by molar-refractivity contribution is 7.89. The number of hydrogen-bond acceptors (Lipinski definition) is 8. The number of hydrogen-bond donors (Lipinski definition) is 2. The van der Waals surface area contributed by atoms with Crippen molar-refractivity contribution >= 4 is 21.8 Å². The Morgan fingerprint density at radius 3 is 2.62 bits per heavy atom. The SMILES string of the molecule is Cc1noc(C)c1S(=O)(=O)N1CCCNC(=O)c2ncccc2OCCNC(=O)CCC1. The second-order valence-electron chi connectivity index (χ2n) is 7.32. The molecule has 3 rings (SSSR count). The highest BCUT2D eigenvalue weighted by Crippen LogP contribution is 2.24. The number of sulfonamides is 1. The smallest absolute Gasteiger partial charge is 0.273 e. The number of carbonyl (C=O) groups is 2. The molecule has 12 heteroatoms. The summed E-state index contributed by atoms with van der Waals surface area (Å²) in [5.74, 6) is -0.103. The van der Waals surface area contributed by atoms with Gasteiger partial charge in [-0.1, -0.05) is 5.16 Å². The van der Waals surface area contributed by atoms with E-state index in [2.05, 4.69) is 20.8 Å². The number of amides is 2. The monoisotopic (exact) mass is 465 g/mol. The third-order valence-electron chi connectivity index (χ3n) is 4.91. The predicted octanol–water partition coefficient (Wildman–Crippen LogP) is 0.786. The number of nitrogens with one attached hydrogen (secondary N) is 2. The number of carbonyl (C=O) groups excluding carboxylic acids is 2. The molecule has 3 heterocycles. The van der Waals surface area contributed by atoms with Gasteiger partial charge in [-0.05, 0) is 38.8 Å². The second-order valence-corrected chi connectivity index (χ2v) is 9.19. The molecule has 0 bridgehead atoms. The molecule has 0 saturated carbocycles. The van der Waals surface area contributed by atoms with E-state index in [4.69, 9.17) is 9.26 Å². The van der Waals surface area contributed by atoms with Gasteiger partial charge in [0.25, 0.3) is 5.91 Å². The van der Waals surface area contributed by atoms with E-state index in [1.54, 1.807) is 26.0 Å². The van der Waals surface area contributed by atoms with Crippen molar-refractivity contribution in [3.63, 3.8) is 0 Å². The lowest BCUT2D eigenvalue weighted by Crippen LogP contribution is -2.37. The summed E-state index contributed by atoms with van der Waals surface area (Å²) in [5, 5.41) is 9.23. The van der Waals surface area contributed by atoms with Gasteiger partial charge < -0.3 is 19.9 Å². The van der Waals surface area contributed by atoms with Gasteiger partial charge in [0.05, 0.1) is 6.54 Å². The van der Waals surface area contributed by atoms with Gasteiger partial charge in [0.2, 0.25) is 15.9 Å². The molecular formula is C20H27N5O6S. The maximum absolute atomic E-state index is 13.3. The van der Waals surface area contributed by atoms with Crippen LogP contribution in [0.4, 0.5) is 0 Å². The van der Waals surface area contributed by atoms with Crippen molar-refractivity contribution in [2.24, 2.45) is 0 Å². The van der Waals surface area contributed by atoms with Crippen molar-refractivity contribution in [3.8, 4) is 5.75 Å². The van der Waals surface area contributed by atoms with Crippen LogP contribution in [-0.4, -0.2) is 67.5 Å². The van der Waals surface area contributed by atoms with Gasteiger partial charge in [0.15, 0.2) is 17.2 Å². The third-order valence-corrected chi connectivity index (χ3v) is 7.06. The van der Waals surface area contributed by atoms with Gasteiger partial charge in [-0.25, -0.2) is 13.4 Å². The van der Waals surface area contributed by atoms with Crippen molar-refractivity contribution in [1.82, 2.24) is 25.1 Å². The molecule has 0 unspecified atom stereocenters. The Labute approximate surface area is 186 Å². The van der Waals surface area contributed by atoms with Gasteiger partial charge in [-0.15, -0.1) is 0 Å². The van der Waals surface area contributed by atoms with E-state index in [0.29, 0.717) is 18.6 Å². The molecule has 2 N–H and O–H groups in total. The van der Waals surface area contributed by atoms with Crippen LogP contribution in [0.15, 0.2) is 27.7 Å². The molecule has 1 aliphatic heterocycles. The van der Waals surface area contributed by atoms with E-state index in [0.717, 1.165) is 0 Å². The molecule has 0 radical (unpaired) electrons. The number of rotatable bonds is 2. The lowest BCUT2D eigenvalue weighted by molar-refractivity contribution is -0.121. The molecule has 11 nitrogen and oxygen atoms in total. The number of aryl methyl sites for hydroxylation is 2. The summed E-state index contributed by atoms with van der Waals surface area (Å²) >= 11 is 0. The molecule has 2 aromatic heterocycles. The Hall–Kier alpha value is -2.99. The number of pyridine rings is 1. The average molecular weight is 466 g/mol. The molecule has 1 aliphatic rings. The normalized spacial score (nSPS) is 17.7. The summed E-state index contributed by atoms with van der Waals surface area (Å²) in [4.78, 5) is 28.8. The summed E-state index contributed by atoms with van der Waals surface area (Å²) in [7, 11) is -3.88. The summed E-state index contributed by atoms with van der Waals surface area (Å²) < 4.78 is 38.4. The molecule has 0 spiro atoms. The first-order valence-corrected chi connectivity index (χ1v) is 11.8. The van der Waals surface area contributed by atoms with E-state index in [9.17, 15) is 18.0 Å². The molecule has 2 aromatic rings.